The number of nitrogens with one attached hydrogen (secondary N) is 2. The van der Waals surface area contributed by atoms with E-state index in [9.17, 15) is 0 Å². The Kier molecular flexibility index (Phi) is 3.43. The molecule has 0 atom stereocenters. The van der Waals surface area contributed by atoms with Gasteiger partial charge in [-0.25, -0.2) is 0 Å². The summed E-state index contributed by atoms with van der Waals surface area (Å²) in [4.78, 5) is 0. The highest BCUT2D eigenvalue weighted by Crippen LogP contribution is 2.18. The largest absolute Gasteiger partial charge is 0.383 e. The van der Waals surface area contributed by atoms with Crippen LogP contribution in [0.3, 0.4) is 0 Å². The zero-order valence-corrected chi connectivity index (χ0v) is 9.59. The van der Waals surface area contributed by atoms with Crippen molar-refractivity contribution in [1.29, 1.82) is 5.26 Å². The number of nitrogens with zero attached hydrogens (tertiary/aromatic N) is 1. The molecular weight excluding hydrogens is 198 g/mol. The number of rotatable bonds is 5. The Labute approximate surface area is 96.5 Å². The van der Waals surface area contributed by atoms with Crippen molar-refractivity contribution >= 4 is 5.69 Å². The van der Waals surface area contributed by atoms with Crippen LogP contribution in [0, 0.1) is 18.3 Å². The van der Waals surface area contributed by atoms with Gasteiger partial charge in [0.15, 0.2) is 0 Å². The van der Waals surface area contributed by atoms with Crippen LogP contribution in [0.25, 0.3) is 0 Å². The predicted octanol–water partition coefficient (Wildman–Crippen LogP) is 2.03. The maximum Gasteiger partial charge on any atom is 0.101 e. The number of anilines is 1. The minimum Gasteiger partial charge on any atom is -0.383 e. The fourth-order valence-electron chi connectivity index (χ4n) is 1.66. The highest BCUT2D eigenvalue weighted by Gasteiger charge is 2.19. The lowest BCUT2D eigenvalue weighted by Gasteiger charge is -2.09. The molecule has 0 radical (unpaired) electrons. The zero-order chi connectivity index (χ0) is 11.4. The van der Waals surface area contributed by atoms with Gasteiger partial charge in [0.25, 0.3) is 0 Å². The first-order valence-corrected chi connectivity index (χ1v) is 5.77. The lowest BCUT2D eigenvalue weighted by molar-refractivity contribution is 0.701. The molecule has 0 aliphatic heterocycles. The van der Waals surface area contributed by atoms with Crippen LogP contribution >= 0.6 is 0 Å². The average molecular weight is 215 g/mol. The van der Waals surface area contributed by atoms with Gasteiger partial charge in [-0.3, -0.25) is 0 Å². The third-order valence-electron chi connectivity index (χ3n) is 2.75. The van der Waals surface area contributed by atoms with E-state index in [0.717, 1.165) is 30.4 Å². The fraction of sp³-hybridized carbons (Fsp3) is 0.462. The highest BCUT2D eigenvalue weighted by atomic mass is 15.0. The summed E-state index contributed by atoms with van der Waals surface area (Å²) in [5.41, 5.74) is 2.84. The molecule has 0 amide bonds. The van der Waals surface area contributed by atoms with E-state index in [0.29, 0.717) is 0 Å². The zero-order valence-electron chi connectivity index (χ0n) is 9.59. The molecule has 0 saturated heterocycles. The molecular formula is C13H17N3. The molecule has 1 saturated carbocycles. The fourth-order valence-corrected chi connectivity index (χ4v) is 1.66. The topological polar surface area (TPSA) is 47.9 Å². The molecule has 2 N–H and O–H groups in total. The van der Waals surface area contributed by atoms with Crippen molar-refractivity contribution < 1.29 is 0 Å². The maximum absolute atomic E-state index is 8.96. The van der Waals surface area contributed by atoms with Gasteiger partial charge in [-0.2, -0.15) is 5.26 Å². The van der Waals surface area contributed by atoms with Crippen molar-refractivity contribution in [3.63, 3.8) is 0 Å². The Morgan fingerprint density at radius 2 is 2.19 bits per heavy atom. The van der Waals surface area contributed by atoms with Crippen LogP contribution in [0.5, 0.6) is 0 Å². The Bertz CT molecular complexity index is 402. The Morgan fingerprint density at radius 3 is 2.88 bits per heavy atom. The third kappa shape index (κ3) is 2.98. The third-order valence-corrected chi connectivity index (χ3v) is 2.75. The molecule has 3 heteroatoms. The molecule has 1 fully saturated rings. The summed E-state index contributed by atoms with van der Waals surface area (Å²) in [6, 6.07) is 8.80. The standard InChI is InChI=1S/C13H17N3/c1-10-2-3-11(9-14)13(8-10)16-7-6-15-12-4-5-12/h2-3,8,12,15-16H,4-7H2,1H3. The van der Waals surface area contributed by atoms with Crippen LogP contribution in [0.4, 0.5) is 5.69 Å². The minimum atomic E-state index is 0.719. The quantitative estimate of drug-likeness (QED) is 0.739. The molecule has 0 unspecified atom stereocenters. The number of hydrogen-bond donors (Lipinski definition) is 2. The molecule has 1 aromatic carbocycles. The van der Waals surface area contributed by atoms with Crippen molar-refractivity contribution in [3.8, 4) is 6.07 Å². The van der Waals surface area contributed by atoms with Gasteiger partial charge in [-0.1, -0.05) is 6.07 Å². The van der Waals surface area contributed by atoms with E-state index in [1.807, 2.05) is 25.1 Å². The molecule has 0 aromatic heterocycles. The SMILES string of the molecule is Cc1ccc(C#N)c(NCCNC2CC2)c1. The summed E-state index contributed by atoms with van der Waals surface area (Å²) in [5, 5.41) is 15.7. The Morgan fingerprint density at radius 1 is 1.38 bits per heavy atom. The Hall–Kier alpha value is -1.53. The summed E-state index contributed by atoms with van der Waals surface area (Å²) < 4.78 is 0. The number of benzene rings is 1. The van der Waals surface area contributed by atoms with Gasteiger partial charge < -0.3 is 10.6 Å². The number of nitriles is 1. The summed E-state index contributed by atoms with van der Waals surface area (Å²) in [6.07, 6.45) is 2.63. The highest BCUT2D eigenvalue weighted by molar-refractivity contribution is 5.58. The van der Waals surface area contributed by atoms with Crippen LogP contribution in [-0.2, 0) is 0 Å². The van der Waals surface area contributed by atoms with E-state index >= 15 is 0 Å². The summed E-state index contributed by atoms with van der Waals surface area (Å²) in [7, 11) is 0. The van der Waals surface area contributed by atoms with Crippen LogP contribution < -0.4 is 10.6 Å². The number of hydrogen-bond acceptors (Lipinski definition) is 3. The molecule has 0 spiro atoms. The summed E-state index contributed by atoms with van der Waals surface area (Å²) >= 11 is 0. The van der Waals surface area contributed by atoms with Crippen molar-refractivity contribution in [3.05, 3.63) is 29.3 Å². The van der Waals surface area contributed by atoms with Gasteiger partial charge >= 0.3 is 0 Å². The average Bonchev–Trinajstić information content (AvgIpc) is 3.08. The van der Waals surface area contributed by atoms with E-state index in [4.69, 9.17) is 5.26 Å². The van der Waals surface area contributed by atoms with Gasteiger partial charge in [0.2, 0.25) is 0 Å². The van der Waals surface area contributed by atoms with Crippen LogP contribution in [0.15, 0.2) is 18.2 Å². The first-order chi connectivity index (χ1) is 7.79. The second-order valence-corrected chi connectivity index (χ2v) is 4.32. The van der Waals surface area contributed by atoms with Crippen molar-refractivity contribution in [2.45, 2.75) is 25.8 Å². The smallest absolute Gasteiger partial charge is 0.101 e. The normalized spacial score (nSPS) is 14.5. The lowest BCUT2D eigenvalue weighted by atomic mass is 10.1. The van der Waals surface area contributed by atoms with E-state index < -0.39 is 0 Å². The van der Waals surface area contributed by atoms with Gasteiger partial charge in [0.1, 0.15) is 6.07 Å². The molecule has 1 aliphatic carbocycles. The molecule has 0 bridgehead atoms. The Balaban J connectivity index is 1.86. The first kappa shape index (κ1) is 11.0. The molecule has 84 valence electrons. The molecule has 16 heavy (non-hydrogen) atoms. The van der Waals surface area contributed by atoms with E-state index in [1.54, 1.807) is 0 Å². The van der Waals surface area contributed by atoms with Gasteiger partial charge in [0.05, 0.1) is 11.3 Å². The summed E-state index contributed by atoms with van der Waals surface area (Å²) in [6.45, 7) is 3.87. The lowest BCUT2D eigenvalue weighted by Crippen LogP contribution is -2.24. The van der Waals surface area contributed by atoms with E-state index in [2.05, 4.69) is 16.7 Å². The van der Waals surface area contributed by atoms with Gasteiger partial charge in [-0.05, 0) is 37.5 Å². The maximum atomic E-state index is 8.96. The molecule has 1 aliphatic rings. The molecule has 3 nitrogen and oxygen atoms in total. The first-order valence-electron chi connectivity index (χ1n) is 5.77. The van der Waals surface area contributed by atoms with E-state index in [1.165, 1.54) is 18.4 Å². The predicted molar refractivity (Wildman–Crippen MR) is 65.4 cm³/mol. The van der Waals surface area contributed by atoms with Crippen molar-refractivity contribution in [2.75, 3.05) is 18.4 Å². The molecule has 0 heterocycles. The second kappa shape index (κ2) is 5.00. The van der Waals surface area contributed by atoms with Crippen molar-refractivity contribution in [2.24, 2.45) is 0 Å². The molecule has 1 aromatic rings. The van der Waals surface area contributed by atoms with Crippen LogP contribution in [0.2, 0.25) is 0 Å². The second-order valence-electron chi connectivity index (χ2n) is 4.32. The minimum absolute atomic E-state index is 0.719. The molecule has 2 rings (SSSR count). The van der Waals surface area contributed by atoms with Crippen LogP contribution in [0.1, 0.15) is 24.0 Å². The monoisotopic (exact) mass is 215 g/mol. The van der Waals surface area contributed by atoms with E-state index in [-0.39, 0.29) is 0 Å². The van der Waals surface area contributed by atoms with Gasteiger partial charge in [-0.15, -0.1) is 0 Å². The summed E-state index contributed by atoms with van der Waals surface area (Å²) in [5.74, 6) is 0. The number of aryl methyl sites for hydroxylation is 1. The van der Waals surface area contributed by atoms with Gasteiger partial charge in [0, 0.05) is 19.1 Å². The van der Waals surface area contributed by atoms with Crippen molar-refractivity contribution in [1.82, 2.24) is 5.32 Å². The van der Waals surface area contributed by atoms with Crippen LogP contribution in [-0.4, -0.2) is 19.1 Å².